The number of nitrogens with two attached hydrogens (primary N) is 1. The lowest BCUT2D eigenvalue weighted by Crippen LogP contribution is -2.22. The first-order valence-electron chi connectivity index (χ1n) is 5.24. The van der Waals surface area contributed by atoms with Crippen LogP contribution in [0, 0.1) is 0 Å². The van der Waals surface area contributed by atoms with Crippen molar-refractivity contribution in [1.82, 2.24) is 4.98 Å². The van der Waals surface area contributed by atoms with Gasteiger partial charge in [0, 0.05) is 18.0 Å². The molecule has 0 fully saturated rings. The topological polar surface area (TPSA) is 50.9 Å². The summed E-state index contributed by atoms with van der Waals surface area (Å²) in [5.41, 5.74) is 6.45. The normalized spacial score (nSPS) is 12.1. The summed E-state index contributed by atoms with van der Waals surface area (Å²) in [6, 6.07) is 4.08. The van der Waals surface area contributed by atoms with Gasteiger partial charge in [-0.2, -0.15) is 11.8 Å². The van der Waals surface area contributed by atoms with Gasteiger partial charge in [-0.15, -0.1) is 0 Å². The second kappa shape index (κ2) is 6.70. The molecule has 5 heteroatoms. The van der Waals surface area contributed by atoms with Crippen molar-refractivity contribution in [1.29, 1.82) is 0 Å². The molecule has 1 aromatic rings. The van der Waals surface area contributed by atoms with E-state index in [2.05, 4.69) is 24.1 Å². The predicted octanol–water partition coefficient (Wildman–Crippen LogP) is 2.27. The fourth-order valence-electron chi connectivity index (χ4n) is 1.29. The van der Waals surface area contributed by atoms with E-state index in [-0.39, 0.29) is 0 Å². The quantitative estimate of drug-likeness (QED) is 0.764. The Morgan fingerprint density at radius 1 is 1.69 bits per heavy atom. The van der Waals surface area contributed by atoms with Crippen LogP contribution in [0.4, 0.5) is 5.82 Å². The first-order valence-corrected chi connectivity index (χ1v) is 6.80. The molecule has 3 nitrogen and oxygen atoms in total. The summed E-state index contributed by atoms with van der Waals surface area (Å²) in [4.78, 5) is 4.64. The van der Waals surface area contributed by atoms with E-state index in [9.17, 15) is 0 Å². The molecule has 1 atom stereocenters. The maximum absolute atomic E-state index is 5.64. The molecule has 0 aliphatic rings. The largest absolute Gasteiger partial charge is 0.389 e. The number of hydrogen-bond acceptors (Lipinski definition) is 4. The zero-order valence-electron chi connectivity index (χ0n) is 9.56. The van der Waals surface area contributed by atoms with E-state index < -0.39 is 0 Å². The van der Waals surface area contributed by atoms with Gasteiger partial charge in [0.1, 0.15) is 10.8 Å². The number of aromatic nitrogens is 1. The molecule has 3 N–H and O–H groups in total. The molecular formula is C11H17N3S2. The maximum atomic E-state index is 5.64. The van der Waals surface area contributed by atoms with Crippen molar-refractivity contribution in [3.63, 3.8) is 0 Å². The molecule has 0 bridgehead atoms. The van der Waals surface area contributed by atoms with Crippen LogP contribution < -0.4 is 11.1 Å². The molecule has 0 saturated carbocycles. The highest BCUT2D eigenvalue weighted by Gasteiger charge is 2.08. The molecule has 0 aliphatic heterocycles. The Balaban J connectivity index is 2.69. The highest BCUT2D eigenvalue weighted by molar-refractivity contribution is 7.99. The Morgan fingerprint density at radius 3 is 3.06 bits per heavy atom. The molecule has 1 heterocycles. The van der Waals surface area contributed by atoms with Crippen molar-refractivity contribution in [2.45, 2.75) is 19.9 Å². The lowest BCUT2D eigenvalue weighted by Gasteiger charge is -2.15. The number of thiocarbonyl (C=S) groups is 1. The first-order chi connectivity index (χ1) is 7.65. The lowest BCUT2D eigenvalue weighted by molar-refractivity contribution is 0.901. The molecule has 88 valence electrons. The number of nitrogens with zero attached hydrogens (tertiary/aromatic N) is 1. The standard InChI is InChI=1S/C11H17N3S2/c1-3-16-7-8(2)14-11-9(10(12)15)5-4-6-13-11/h4-6,8H,3,7H2,1-2H3,(H2,12,15)(H,13,14). The third kappa shape index (κ3) is 3.98. The van der Waals surface area contributed by atoms with Gasteiger partial charge in [-0.25, -0.2) is 4.98 Å². The van der Waals surface area contributed by atoms with E-state index in [0.717, 1.165) is 22.9 Å². The van der Waals surface area contributed by atoms with Gasteiger partial charge < -0.3 is 11.1 Å². The Labute approximate surface area is 106 Å². The van der Waals surface area contributed by atoms with Crippen LogP contribution >= 0.6 is 24.0 Å². The second-order valence-electron chi connectivity index (χ2n) is 3.47. The van der Waals surface area contributed by atoms with Crippen LogP contribution in [0.15, 0.2) is 18.3 Å². The summed E-state index contributed by atoms with van der Waals surface area (Å²) in [5, 5.41) is 3.33. The van der Waals surface area contributed by atoms with Crippen LogP contribution in [0.1, 0.15) is 19.4 Å². The van der Waals surface area contributed by atoms with E-state index in [1.54, 1.807) is 6.20 Å². The molecule has 1 aromatic heterocycles. The Morgan fingerprint density at radius 2 is 2.44 bits per heavy atom. The monoisotopic (exact) mass is 255 g/mol. The summed E-state index contributed by atoms with van der Waals surface area (Å²) in [5.74, 6) is 2.94. The SMILES string of the molecule is CCSCC(C)Nc1ncccc1C(N)=S. The van der Waals surface area contributed by atoms with Crippen molar-refractivity contribution in [2.24, 2.45) is 5.73 Å². The number of thioether (sulfide) groups is 1. The summed E-state index contributed by atoms with van der Waals surface area (Å²) in [6.45, 7) is 4.28. The van der Waals surface area contributed by atoms with Crippen molar-refractivity contribution in [3.8, 4) is 0 Å². The summed E-state index contributed by atoms with van der Waals surface area (Å²) in [7, 11) is 0. The van der Waals surface area contributed by atoms with E-state index >= 15 is 0 Å². The first kappa shape index (κ1) is 13.3. The number of rotatable bonds is 6. The summed E-state index contributed by atoms with van der Waals surface area (Å²) < 4.78 is 0. The lowest BCUT2D eigenvalue weighted by atomic mass is 10.2. The predicted molar refractivity (Wildman–Crippen MR) is 76.2 cm³/mol. The third-order valence-corrected chi connectivity index (χ3v) is 3.39. The highest BCUT2D eigenvalue weighted by Crippen LogP contribution is 2.14. The molecule has 1 rings (SSSR count). The Bertz CT molecular complexity index is 355. The van der Waals surface area contributed by atoms with Gasteiger partial charge in [0.15, 0.2) is 0 Å². The number of nitrogens with one attached hydrogen (secondary N) is 1. The number of pyridine rings is 1. The molecule has 0 spiro atoms. The third-order valence-electron chi connectivity index (χ3n) is 2.03. The fourth-order valence-corrected chi connectivity index (χ4v) is 2.13. The van der Waals surface area contributed by atoms with E-state index in [4.69, 9.17) is 18.0 Å². The zero-order chi connectivity index (χ0) is 12.0. The summed E-state index contributed by atoms with van der Waals surface area (Å²) in [6.07, 6.45) is 1.74. The van der Waals surface area contributed by atoms with Crippen molar-refractivity contribution >= 4 is 34.8 Å². The van der Waals surface area contributed by atoms with Crippen LogP contribution in [0.3, 0.4) is 0 Å². The number of anilines is 1. The maximum Gasteiger partial charge on any atom is 0.136 e. The van der Waals surface area contributed by atoms with Gasteiger partial charge in [0.2, 0.25) is 0 Å². The molecule has 0 radical (unpaired) electrons. The van der Waals surface area contributed by atoms with Crippen molar-refractivity contribution in [2.75, 3.05) is 16.8 Å². The minimum atomic E-state index is 0.355. The van der Waals surface area contributed by atoms with Crippen LogP contribution in [-0.4, -0.2) is 27.5 Å². The average molecular weight is 255 g/mol. The van der Waals surface area contributed by atoms with Gasteiger partial charge in [-0.1, -0.05) is 19.1 Å². The molecule has 0 aromatic carbocycles. The number of hydrogen-bond donors (Lipinski definition) is 2. The van der Waals surface area contributed by atoms with Gasteiger partial charge in [-0.05, 0) is 24.8 Å². The van der Waals surface area contributed by atoms with Gasteiger partial charge in [0.05, 0.1) is 5.56 Å². The molecule has 0 amide bonds. The summed E-state index contributed by atoms with van der Waals surface area (Å²) >= 11 is 6.88. The highest BCUT2D eigenvalue weighted by atomic mass is 32.2. The minimum Gasteiger partial charge on any atom is -0.389 e. The Kier molecular flexibility index (Phi) is 5.55. The van der Waals surface area contributed by atoms with Gasteiger partial charge in [-0.3, -0.25) is 0 Å². The molecular weight excluding hydrogens is 238 g/mol. The smallest absolute Gasteiger partial charge is 0.136 e. The second-order valence-corrected chi connectivity index (χ2v) is 5.23. The molecule has 1 unspecified atom stereocenters. The Hall–Kier alpha value is -0.810. The van der Waals surface area contributed by atoms with Crippen molar-refractivity contribution in [3.05, 3.63) is 23.9 Å². The van der Waals surface area contributed by atoms with Crippen LogP contribution in [0.25, 0.3) is 0 Å². The van der Waals surface area contributed by atoms with E-state index in [0.29, 0.717) is 11.0 Å². The van der Waals surface area contributed by atoms with Gasteiger partial charge in [0.25, 0.3) is 0 Å². The van der Waals surface area contributed by atoms with Crippen LogP contribution in [0.5, 0.6) is 0 Å². The molecule has 0 aliphatic carbocycles. The molecule has 16 heavy (non-hydrogen) atoms. The molecule has 0 saturated heterocycles. The van der Waals surface area contributed by atoms with Crippen LogP contribution in [-0.2, 0) is 0 Å². The minimum absolute atomic E-state index is 0.355. The average Bonchev–Trinajstić information content (AvgIpc) is 2.27. The fraction of sp³-hybridized carbons (Fsp3) is 0.455. The van der Waals surface area contributed by atoms with E-state index in [1.165, 1.54) is 0 Å². The van der Waals surface area contributed by atoms with Gasteiger partial charge >= 0.3 is 0 Å². The van der Waals surface area contributed by atoms with E-state index in [1.807, 2.05) is 23.9 Å². The zero-order valence-corrected chi connectivity index (χ0v) is 11.2. The van der Waals surface area contributed by atoms with Crippen LogP contribution in [0.2, 0.25) is 0 Å². The van der Waals surface area contributed by atoms with Crippen molar-refractivity contribution < 1.29 is 0 Å².